The van der Waals surface area contributed by atoms with Crippen molar-refractivity contribution in [3.8, 4) is 0 Å². The average Bonchev–Trinajstić information content (AvgIpc) is 3.04. The van der Waals surface area contributed by atoms with Crippen molar-refractivity contribution in [3.05, 3.63) is 41.2 Å². The molecule has 0 aliphatic heterocycles. The van der Waals surface area contributed by atoms with Crippen LogP contribution < -0.4 is 0 Å². The minimum Gasteiger partial charge on any atom is -0.228 e. The van der Waals surface area contributed by atoms with Gasteiger partial charge in [-0.25, -0.2) is 13.1 Å². The molecule has 1 aromatic heterocycles. The Morgan fingerprint density at radius 1 is 1.17 bits per heavy atom. The summed E-state index contributed by atoms with van der Waals surface area (Å²) in [4.78, 5) is 0. The summed E-state index contributed by atoms with van der Waals surface area (Å²) in [6.45, 7) is -1.41. The van der Waals surface area contributed by atoms with Crippen LogP contribution in [0.25, 0.3) is 0 Å². The minimum atomic E-state index is -4.52. The highest BCUT2D eigenvalue weighted by molar-refractivity contribution is 7.91. The second-order valence-corrected chi connectivity index (χ2v) is 7.76. The maximum absolute atomic E-state index is 12.5. The molecule has 23 heavy (non-hydrogen) atoms. The number of fused-ring (bicyclic) bond motifs is 1. The number of halogens is 3. The first-order chi connectivity index (χ1) is 10.7. The second-order valence-electron chi connectivity index (χ2n) is 5.47. The molecule has 2 aromatic rings. The third-order valence-corrected chi connectivity index (χ3v) is 5.80. The Bertz CT molecular complexity index is 792. The number of tetrazole rings is 1. The van der Waals surface area contributed by atoms with E-state index < -0.39 is 33.6 Å². The van der Waals surface area contributed by atoms with Gasteiger partial charge in [0, 0.05) is 0 Å². The number of hydrogen-bond acceptors (Lipinski definition) is 5. The van der Waals surface area contributed by atoms with Crippen LogP contribution >= 0.6 is 0 Å². The zero-order valence-corrected chi connectivity index (χ0v) is 12.7. The highest BCUT2D eigenvalue weighted by Gasteiger charge is 2.35. The summed E-state index contributed by atoms with van der Waals surface area (Å²) in [5.41, 5.74) is 1.91. The molecule has 1 aliphatic carbocycles. The molecule has 0 fully saturated rings. The van der Waals surface area contributed by atoms with Crippen molar-refractivity contribution < 1.29 is 21.6 Å². The van der Waals surface area contributed by atoms with E-state index in [0.717, 1.165) is 11.1 Å². The zero-order chi connectivity index (χ0) is 16.7. The number of hydrogen-bond donors (Lipinski definition) is 0. The van der Waals surface area contributed by atoms with Crippen molar-refractivity contribution in [2.24, 2.45) is 0 Å². The normalized spacial score (nSPS) is 15.8. The van der Waals surface area contributed by atoms with E-state index in [1.807, 2.05) is 24.3 Å². The smallest absolute Gasteiger partial charge is 0.228 e. The maximum atomic E-state index is 12.5. The molecule has 1 heterocycles. The van der Waals surface area contributed by atoms with Crippen molar-refractivity contribution in [1.29, 1.82) is 0 Å². The maximum Gasteiger partial charge on any atom is 0.408 e. The molecule has 0 saturated heterocycles. The van der Waals surface area contributed by atoms with Crippen LogP contribution in [0.1, 0.15) is 17.0 Å². The summed E-state index contributed by atoms with van der Waals surface area (Å²) in [5.74, 6) is -0.896. The Labute approximate surface area is 130 Å². The van der Waals surface area contributed by atoms with Gasteiger partial charge in [-0.05, 0) is 34.4 Å². The molecular weight excluding hydrogens is 333 g/mol. The van der Waals surface area contributed by atoms with Gasteiger partial charge in [-0.3, -0.25) is 0 Å². The van der Waals surface area contributed by atoms with Crippen molar-refractivity contribution in [1.82, 2.24) is 20.2 Å². The van der Waals surface area contributed by atoms with Crippen LogP contribution in [-0.4, -0.2) is 40.1 Å². The fourth-order valence-electron chi connectivity index (χ4n) is 2.69. The number of nitrogens with zero attached hydrogens (tertiary/aromatic N) is 4. The molecule has 0 saturated carbocycles. The third-order valence-electron chi connectivity index (χ3n) is 3.79. The summed E-state index contributed by atoms with van der Waals surface area (Å²) in [5, 5.41) is 9.15. The van der Waals surface area contributed by atoms with E-state index in [1.165, 1.54) is 0 Å². The van der Waals surface area contributed by atoms with Gasteiger partial charge in [0.1, 0.15) is 12.3 Å². The van der Waals surface area contributed by atoms with E-state index in [4.69, 9.17) is 0 Å². The molecule has 0 amide bonds. The Morgan fingerprint density at radius 3 is 2.35 bits per heavy atom. The monoisotopic (exact) mass is 346 g/mol. The van der Waals surface area contributed by atoms with Crippen LogP contribution in [-0.2, 0) is 35.0 Å². The quantitative estimate of drug-likeness (QED) is 0.834. The largest absolute Gasteiger partial charge is 0.408 e. The molecule has 0 radical (unpaired) electrons. The van der Waals surface area contributed by atoms with E-state index in [2.05, 4.69) is 15.5 Å². The molecule has 0 spiro atoms. The molecule has 0 N–H and O–H groups in total. The molecule has 124 valence electrons. The standard InChI is InChI=1S/C13H13F3N4O2S/c14-13(15,16)8-20-12(17-18-19-20)7-23(21,22)11-5-9-3-1-2-4-10(9)6-11/h1-4,11H,5-8H2. The molecule has 1 aliphatic rings. The van der Waals surface area contributed by atoms with Gasteiger partial charge in [0.25, 0.3) is 0 Å². The van der Waals surface area contributed by atoms with Crippen molar-refractivity contribution in [2.75, 3.05) is 0 Å². The lowest BCUT2D eigenvalue weighted by molar-refractivity contribution is -0.143. The summed E-state index contributed by atoms with van der Waals surface area (Å²) in [6, 6.07) is 7.38. The van der Waals surface area contributed by atoms with Gasteiger partial charge in [-0.15, -0.1) is 5.10 Å². The number of alkyl halides is 3. The Morgan fingerprint density at radius 2 is 1.78 bits per heavy atom. The predicted octanol–water partition coefficient (Wildman–Crippen LogP) is 1.32. The lowest BCUT2D eigenvalue weighted by Gasteiger charge is -2.12. The first-order valence-corrected chi connectivity index (χ1v) is 8.56. The van der Waals surface area contributed by atoms with Gasteiger partial charge in [-0.2, -0.15) is 13.2 Å². The molecule has 6 nitrogen and oxygen atoms in total. The minimum absolute atomic E-state index is 0.293. The molecule has 1 aromatic carbocycles. The van der Waals surface area contributed by atoms with Crippen LogP contribution in [0.5, 0.6) is 0 Å². The first-order valence-electron chi connectivity index (χ1n) is 6.85. The van der Waals surface area contributed by atoms with Crippen molar-refractivity contribution in [3.63, 3.8) is 0 Å². The topological polar surface area (TPSA) is 77.7 Å². The van der Waals surface area contributed by atoms with Gasteiger partial charge in [0.2, 0.25) is 0 Å². The number of sulfone groups is 1. The molecular formula is C13H13F3N4O2S. The van der Waals surface area contributed by atoms with E-state index >= 15 is 0 Å². The van der Waals surface area contributed by atoms with Crippen molar-refractivity contribution >= 4 is 9.84 Å². The average molecular weight is 346 g/mol. The Balaban J connectivity index is 1.77. The predicted molar refractivity (Wildman–Crippen MR) is 74.1 cm³/mol. The SMILES string of the molecule is O=S(=O)(Cc1nnnn1CC(F)(F)F)C1Cc2ccccc2C1. The lowest BCUT2D eigenvalue weighted by atomic mass is 10.1. The highest BCUT2D eigenvalue weighted by Crippen LogP contribution is 2.28. The molecule has 3 rings (SSSR count). The van der Waals surface area contributed by atoms with E-state index in [9.17, 15) is 21.6 Å². The third kappa shape index (κ3) is 3.52. The number of rotatable bonds is 4. The number of benzene rings is 1. The summed E-state index contributed by atoms with van der Waals surface area (Å²) < 4.78 is 62.8. The van der Waals surface area contributed by atoms with E-state index in [1.54, 1.807) is 0 Å². The molecule has 0 unspecified atom stereocenters. The van der Waals surface area contributed by atoms with Gasteiger partial charge in [0.15, 0.2) is 15.7 Å². The fourth-order valence-corrected chi connectivity index (χ4v) is 4.36. The Kier molecular flexibility index (Phi) is 3.86. The fraction of sp³-hybridized carbons (Fsp3) is 0.462. The Hall–Kier alpha value is -1.97. The van der Waals surface area contributed by atoms with Crippen LogP contribution in [0.15, 0.2) is 24.3 Å². The molecule has 0 atom stereocenters. The highest BCUT2D eigenvalue weighted by atomic mass is 32.2. The second kappa shape index (κ2) is 5.59. The van der Waals surface area contributed by atoms with E-state index in [-0.39, 0.29) is 5.82 Å². The van der Waals surface area contributed by atoms with Gasteiger partial charge >= 0.3 is 6.18 Å². The summed E-state index contributed by atoms with van der Waals surface area (Å²) >= 11 is 0. The van der Waals surface area contributed by atoms with Crippen molar-refractivity contribution in [2.45, 2.75) is 36.6 Å². The lowest BCUT2D eigenvalue weighted by Crippen LogP contribution is -2.27. The van der Waals surface area contributed by atoms with Gasteiger partial charge in [-0.1, -0.05) is 24.3 Å². The van der Waals surface area contributed by atoms with Crippen LogP contribution in [0, 0.1) is 0 Å². The van der Waals surface area contributed by atoms with Crippen LogP contribution in [0.3, 0.4) is 0 Å². The van der Waals surface area contributed by atoms with Gasteiger partial charge in [0.05, 0.1) is 5.25 Å². The van der Waals surface area contributed by atoms with E-state index in [0.29, 0.717) is 17.5 Å². The van der Waals surface area contributed by atoms with Crippen LogP contribution in [0.2, 0.25) is 0 Å². The summed E-state index contributed by atoms with van der Waals surface area (Å²) in [7, 11) is -3.66. The first kappa shape index (κ1) is 15.9. The summed E-state index contributed by atoms with van der Waals surface area (Å²) in [6.07, 6.45) is -3.80. The number of aromatic nitrogens is 4. The van der Waals surface area contributed by atoms with Gasteiger partial charge < -0.3 is 0 Å². The zero-order valence-electron chi connectivity index (χ0n) is 11.9. The molecule has 10 heteroatoms. The van der Waals surface area contributed by atoms with Crippen LogP contribution in [0.4, 0.5) is 13.2 Å². The molecule has 0 bridgehead atoms.